The number of amides is 2. The van der Waals surface area contributed by atoms with Gasteiger partial charge in [-0.2, -0.15) is 13.2 Å². The highest BCUT2D eigenvalue weighted by Gasteiger charge is 2.46. The van der Waals surface area contributed by atoms with Crippen molar-refractivity contribution >= 4 is 29.2 Å². The van der Waals surface area contributed by atoms with Crippen molar-refractivity contribution in [2.75, 3.05) is 23.8 Å². The number of hydrogen-bond donors (Lipinski definition) is 1. The van der Waals surface area contributed by atoms with Gasteiger partial charge in [0.25, 0.3) is 11.8 Å². The molecule has 0 aliphatic carbocycles. The summed E-state index contributed by atoms with van der Waals surface area (Å²) in [5.41, 5.74) is 3.55. The number of ether oxygens (including phenoxy) is 3. The van der Waals surface area contributed by atoms with E-state index in [1.807, 2.05) is 0 Å². The third kappa shape index (κ3) is 5.50. The van der Waals surface area contributed by atoms with E-state index in [0.717, 1.165) is 19.1 Å². The highest BCUT2D eigenvalue weighted by atomic mass is 19.4. The first-order chi connectivity index (χ1) is 16.4. The second kappa shape index (κ2) is 9.99. The Balaban J connectivity index is 1.95. The quantitative estimate of drug-likeness (QED) is 0.267. The highest BCUT2D eigenvalue weighted by molar-refractivity contribution is 6.22. The van der Waals surface area contributed by atoms with Crippen molar-refractivity contribution in [1.29, 1.82) is 0 Å². The van der Waals surface area contributed by atoms with E-state index in [2.05, 4.69) is 4.98 Å². The van der Waals surface area contributed by atoms with Crippen molar-refractivity contribution in [2.24, 2.45) is 5.92 Å². The van der Waals surface area contributed by atoms with E-state index < -0.39 is 53.6 Å². The molecule has 2 aromatic rings. The van der Waals surface area contributed by atoms with Gasteiger partial charge in [-0.3, -0.25) is 9.59 Å². The third-order valence-electron chi connectivity index (χ3n) is 4.79. The van der Waals surface area contributed by atoms with Crippen molar-refractivity contribution in [3.63, 3.8) is 0 Å². The van der Waals surface area contributed by atoms with Gasteiger partial charge in [0.05, 0.1) is 29.5 Å². The Morgan fingerprint density at radius 1 is 1.23 bits per heavy atom. The number of pyridine rings is 1. The molecule has 0 bridgehead atoms. The van der Waals surface area contributed by atoms with Crippen LogP contribution in [0.4, 0.5) is 28.9 Å². The van der Waals surface area contributed by atoms with Crippen LogP contribution < -0.4 is 20.1 Å². The SMILES string of the molecule is CCOC(=O)COc1ncccc1Oc1cc(N2C(=O)C=C(C(F)(F)F)C(C)C2=O)c(F)cc1N. The molecule has 2 heterocycles. The minimum atomic E-state index is -4.91. The number of anilines is 2. The molecule has 2 N–H and O–H groups in total. The number of nitrogen functional groups attached to an aromatic ring is 1. The predicted octanol–water partition coefficient (Wildman–Crippen LogP) is 3.54. The maximum Gasteiger partial charge on any atom is 0.413 e. The molecule has 0 radical (unpaired) electrons. The first-order valence-electron chi connectivity index (χ1n) is 10.1. The van der Waals surface area contributed by atoms with Gasteiger partial charge in [0.2, 0.25) is 5.91 Å². The number of aromatic nitrogens is 1. The molecule has 2 amide bonds. The van der Waals surface area contributed by atoms with Crippen molar-refractivity contribution in [1.82, 2.24) is 4.98 Å². The minimum absolute atomic E-state index is 0.0648. The van der Waals surface area contributed by atoms with Gasteiger partial charge in [0.15, 0.2) is 18.1 Å². The molecule has 0 fully saturated rings. The lowest BCUT2D eigenvalue weighted by Gasteiger charge is -2.30. The Bertz CT molecular complexity index is 1200. The van der Waals surface area contributed by atoms with Gasteiger partial charge < -0.3 is 19.9 Å². The zero-order valence-electron chi connectivity index (χ0n) is 18.4. The van der Waals surface area contributed by atoms with Crippen LogP contribution in [0.3, 0.4) is 0 Å². The average Bonchev–Trinajstić information content (AvgIpc) is 2.78. The van der Waals surface area contributed by atoms with E-state index in [4.69, 9.17) is 19.9 Å². The molecule has 0 spiro atoms. The lowest BCUT2D eigenvalue weighted by atomic mass is 9.94. The van der Waals surface area contributed by atoms with Crippen LogP contribution in [0.25, 0.3) is 0 Å². The summed E-state index contributed by atoms with van der Waals surface area (Å²) in [6, 6.07) is 4.47. The van der Waals surface area contributed by atoms with Gasteiger partial charge in [-0.05, 0) is 26.0 Å². The Kier molecular flexibility index (Phi) is 7.27. The van der Waals surface area contributed by atoms with E-state index in [-0.39, 0.29) is 40.6 Å². The zero-order valence-corrected chi connectivity index (χ0v) is 18.4. The number of rotatable bonds is 7. The lowest BCUT2D eigenvalue weighted by Crippen LogP contribution is -2.46. The molecule has 186 valence electrons. The highest BCUT2D eigenvalue weighted by Crippen LogP contribution is 2.40. The monoisotopic (exact) mass is 497 g/mol. The number of nitrogens with zero attached hydrogens (tertiary/aromatic N) is 2. The molecular weight excluding hydrogens is 478 g/mol. The van der Waals surface area contributed by atoms with Crippen LogP contribution in [0.1, 0.15) is 13.8 Å². The van der Waals surface area contributed by atoms with Crippen molar-refractivity contribution < 1.29 is 46.2 Å². The molecule has 3 rings (SSSR count). The van der Waals surface area contributed by atoms with Crippen molar-refractivity contribution in [2.45, 2.75) is 20.0 Å². The van der Waals surface area contributed by atoms with E-state index in [0.29, 0.717) is 0 Å². The summed E-state index contributed by atoms with van der Waals surface area (Å²) in [5.74, 6) is -6.70. The Labute approximate surface area is 196 Å². The molecule has 1 aliphatic rings. The molecule has 9 nitrogen and oxygen atoms in total. The van der Waals surface area contributed by atoms with Gasteiger partial charge in [-0.1, -0.05) is 0 Å². The summed E-state index contributed by atoms with van der Waals surface area (Å²) in [5, 5.41) is 0. The molecule has 13 heteroatoms. The van der Waals surface area contributed by atoms with Crippen LogP contribution in [0.15, 0.2) is 42.1 Å². The van der Waals surface area contributed by atoms with Crippen LogP contribution >= 0.6 is 0 Å². The van der Waals surface area contributed by atoms with Crippen LogP contribution in [-0.2, 0) is 19.1 Å². The van der Waals surface area contributed by atoms with Crippen LogP contribution in [0, 0.1) is 11.7 Å². The van der Waals surface area contributed by atoms with E-state index in [1.165, 1.54) is 18.3 Å². The molecule has 1 aromatic heterocycles. The molecule has 0 saturated carbocycles. The number of halogens is 4. The molecule has 1 aromatic carbocycles. The topological polar surface area (TPSA) is 121 Å². The molecule has 1 atom stereocenters. The minimum Gasteiger partial charge on any atom is -0.463 e. The third-order valence-corrected chi connectivity index (χ3v) is 4.79. The average molecular weight is 497 g/mol. The Morgan fingerprint density at radius 2 is 1.94 bits per heavy atom. The number of hydrogen-bond acceptors (Lipinski definition) is 8. The molecular formula is C22H19F4N3O6. The summed E-state index contributed by atoms with van der Waals surface area (Å²) in [4.78, 5) is 40.8. The largest absolute Gasteiger partial charge is 0.463 e. The Hall–Kier alpha value is -4.16. The molecule has 0 saturated heterocycles. The maximum atomic E-state index is 14.7. The fraction of sp³-hybridized carbons (Fsp3) is 0.273. The number of nitrogens with two attached hydrogens (primary N) is 1. The fourth-order valence-electron chi connectivity index (χ4n) is 3.15. The zero-order chi connectivity index (χ0) is 25.9. The van der Waals surface area contributed by atoms with Crippen LogP contribution in [0.2, 0.25) is 0 Å². The van der Waals surface area contributed by atoms with Crippen LogP contribution in [0.5, 0.6) is 17.4 Å². The molecule has 1 unspecified atom stereocenters. The van der Waals surface area contributed by atoms with Gasteiger partial charge in [0.1, 0.15) is 5.82 Å². The van der Waals surface area contributed by atoms with Gasteiger partial charge in [-0.15, -0.1) is 0 Å². The lowest BCUT2D eigenvalue weighted by molar-refractivity contribution is -0.145. The molecule has 35 heavy (non-hydrogen) atoms. The summed E-state index contributed by atoms with van der Waals surface area (Å²) < 4.78 is 69.8. The Morgan fingerprint density at radius 3 is 2.60 bits per heavy atom. The first kappa shape index (κ1) is 25.5. The summed E-state index contributed by atoms with van der Waals surface area (Å²) in [6.07, 6.45) is -3.33. The van der Waals surface area contributed by atoms with Gasteiger partial charge >= 0.3 is 12.1 Å². The molecule has 1 aliphatic heterocycles. The van der Waals surface area contributed by atoms with E-state index in [1.54, 1.807) is 6.92 Å². The van der Waals surface area contributed by atoms with E-state index in [9.17, 15) is 31.9 Å². The second-order valence-electron chi connectivity index (χ2n) is 7.17. The second-order valence-corrected chi connectivity index (χ2v) is 7.17. The maximum absolute atomic E-state index is 14.7. The van der Waals surface area contributed by atoms with E-state index >= 15 is 0 Å². The van der Waals surface area contributed by atoms with Crippen molar-refractivity contribution in [3.05, 3.63) is 47.9 Å². The predicted molar refractivity (Wildman–Crippen MR) is 113 cm³/mol. The first-order valence-corrected chi connectivity index (χ1v) is 10.1. The summed E-state index contributed by atoms with van der Waals surface area (Å²) >= 11 is 0. The number of carbonyl (C=O) groups is 3. The van der Waals surface area contributed by atoms with Gasteiger partial charge in [-0.25, -0.2) is 19.1 Å². The fourth-order valence-corrected chi connectivity index (χ4v) is 3.15. The number of esters is 1. The smallest absolute Gasteiger partial charge is 0.413 e. The number of imide groups is 1. The standard InChI is InChI=1S/C22H19F4N3O6/c1-3-33-19(31)10-34-20-16(5-4-6-28-20)35-17-9-15(13(23)8-14(17)27)29-18(30)7-12(22(24,25)26)11(2)21(29)32/h4-9,11H,3,10,27H2,1-2H3. The normalized spacial score (nSPS) is 16.1. The van der Waals surface area contributed by atoms with Crippen LogP contribution in [-0.4, -0.2) is 42.2 Å². The van der Waals surface area contributed by atoms with Crippen molar-refractivity contribution in [3.8, 4) is 17.4 Å². The van der Waals surface area contributed by atoms with Gasteiger partial charge in [0, 0.05) is 24.4 Å². The number of benzene rings is 1. The number of alkyl halides is 3. The summed E-state index contributed by atoms with van der Waals surface area (Å²) in [6.45, 7) is 2.21. The summed E-state index contributed by atoms with van der Waals surface area (Å²) in [7, 11) is 0. The number of carbonyl (C=O) groups excluding carboxylic acids is 3.